The highest BCUT2D eigenvalue weighted by molar-refractivity contribution is 5.92. The second-order valence-electron chi connectivity index (χ2n) is 3.89. The predicted octanol–water partition coefficient (Wildman–Crippen LogP) is -1.55. The highest BCUT2D eigenvalue weighted by Crippen LogP contribution is 2.06. The monoisotopic (exact) mass is 242 g/mol. The number of carbonyl (C=O) groups is 3. The molecular formula is C10H18N4O3. The third-order valence-electron chi connectivity index (χ3n) is 2.73. The highest BCUT2D eigenvalue weighted by atomic mass is 16.2. The minimum absolute atomic E-state index is 0.0459. The molecule has 7 nitrogen and oxygen atoms in total. The second-order valence-corrected chi connectivity index (χ2v) is 3.89. The molecule has 1 heterocycles. The summed E-state index contributed by atoms with van der Waals surface area (Å²) in [6.07, 6.45) is 0.764. The fraction of sp³-hybridized carbons (Fsp3) is 0.700. The number of hydrogen-bond acceptors (Lipinski definition) is 4. The van der Waals surface area contributed by atoms with Crippen LogP contribution < -0.4 is 11.3 Å². The fourth-order valence-corrected chi connectivity index (χ4v) is 1.70. The van der Waals surface area contributed by atoms with Gasteiger partial charge in [-0.1, -0.05) is 0 Å². The Morgan fingerprint density at radius 1 is 1.29 bits per heavy atom. The van der Waals surface area contributed by atoms with E-state index in [0.717, 1.165) is 0 Å². The molecule has 0 aromatic carbocycles. The Morgan fingerprint density at radius 2 is 1.88 bits per heavy atom. The fourth-order valence-electron chi connectivity index (χ4n) is 1.70. The van der Waals surface area contributed by atoms with Gasteiger partial charge in [-0.2, -0.15) is 0 Å². The van der Waals surface area contributed by atoms with Crippen molar-refractivity contribution in [2.24, 2.45) is 5.84 Å². The van der Waals surface area contributed by atoms with E-state index in [4.69, 9.17) is 5.84 Å². The first-order valence-corrected chi connectivity index (χ1v) is 5.63. The third-order valence-corrected chi connectivity index (χ3v) is 2.73. The van der Waals surface area contributed by atoms with Crippen molar-refractivity contribution in [1.29, 1.82) is 0 Å². The summed E-state index contributed by atoms with van der Waals surface area (Å²) in [5, 5.41) is 0. The van der Waals surface area contributed by atoms with Crippen LogP contribution in [0.3, 0.4) is 0 Å². The number of carbonyl (C=O) groups excluding carboxylic acids is 3. The van der Waals surface area contributed by atoms with Crippen LogP contribution in [0, 0.1) is 0 Å². The van der Waals surface area contributed by atoms with Crippen molar-refractivity contribution >= 4 is 17.7 Å². The lowest BCUT2D eigenvalue weighted by Gasteiger charge is -2.33. The zero-order valence-electron chi connectivity index (χ0n) is 9.94. The van der Waals surface area contributed by atoms with Crippen LogP contribution >= 0.6 is 0 Å². The molecule has 0 unspecified atom stereocenters. The maximum absolute atomic E-state index is 11.7. The summed E-state index contributed by atoms with van der Waals surface area (Å²) in [5.41, 5.74) is 2.02. The summed E-state index contributed by atoms with van der Waals surface area (Å²) in [6, 6.07) is 0. The Balaban J connectivity index is 2.37. The van der Waals surface area contributed by atoms with E-state index in [2.05, 4.69) is 0 Å². The zero-order chi connectivity index (χ0) is 12.8. The smallest absolute Gasteiger partial charge is 0.242 e. The van der Waals surface area contributed by atoms with Gasteiger partial charge in [-0.25, -0.2) is 5.84 Å². The maximum Gasteiger partial charge on any atom is 0.242 e. The maximum atomic E-state index is 11.7. The van der Waals surface area contributed by atoms with E-state index in [1.807, 2.05) is 12.3 Å². The first-order valence-electron chi connectivity index (χ1n) is 5.63. The van der Waals surface area contributed by atoms with Gasteiger partial charge in [0, 0.05) is 19.5 Å². The topological polar surface area (TPSA) is 95.7 Å². The van der Waals surface area contributed by atoms with E-state index >= 15 is 0 Å². The molecule has 3 N–H and O–H groups in total. The van der Waals surface area contributed by atoms with Gasteiger partial charge in [0.25, 0.3) is 0 Å². The molecule has 96 valence electrons. The van der Waals surface area contributed by atoms with Gasteiger partial charge in [0.05, 0.1) is 13.1 Å². The van der Waals surface area contributed by atoms with Crippen LogP contribution in [-0.2, 0) is 14.4 Å². The minimum atomic E-state index is -0.268. The molecule has 3 amide bonds. The number of likely N-dealkylation sites (N-methyl/N-ethyl adjacent to an activating group) is 1. The molecule has 0 bridgehead atoms. The molecular weight excluding hydrogens is 224 g/mol. The highest BCUT2D eigenvalue weighted by Gasteiger charge is 2.28. The van der Waals surface area contributed by atoms with Crippen molar-refractivity contribution in [3.05, 3.63) is 0 Å². The summed E-state index contributed by atoms with van der Waals surface area (Å²) in [7, 11) is 0. The van der Waals surface area contributed by atoms with E-state index in [1.165, 1.54) is 9.80 Å². The number of nitrogens with two attached hydrogens (primary N) is 1. The summed E-state index contributed by atoms with van der Waals surface area (Å²) >= 11 is 0. The Bertz CT molecular complexity index is 319. The number of nitrogens with zero attached hydrogens (tertiary/aromatic N) is 2. The van der Waals surface area contributed by atoms with Crippen LogP contribution in [0.5, 0.6) is 0 Å². The van der Waals surface area contributed by atoms with Gasteiger partial charge in [-0.15, -0.1) is 0 Å². The lowest BCUT2D eigenvalue weighted by Crippen LogP contribution is -2.53. The Labute approximate surface area is 99.9 Å². The molecule has 1 saturated heterocycles. The SMILES string of the molecule is CCN1CC(=O)N(CCCC(=O)NN)CC1=O. The molecule has 1 aliphatic rings. The van der Waals surface area contributed by atoms with Crippen LogP contribution in [0.25, 0.3) is 0 Å². The molecule has 1 fully saturated rings. The minimum Gasteiger partial charge on any atom is -0.332 e. The molecule has 0 radical (unpaired) electrons. The largest absolute Gasteiger partial charge is 0.332 e. The molecule has 0 atom stereocenters. The van der Waals surface area contributed by atoms with Crippen LogP contribution in [0.1, 0.15) is 19.8 Å². The summed E-state index contributed by atoms with van der Waals surface area (Å²) in [4.78, 5) is 37.1. The molecule has 7 heteroatoms. The Hall–Kier alpha value is -1.63. The summed E-state index contributed by atoms with van der Waals surface area (Å²) < 4.78 is 0. The first-order chi connectivity index (χ1) is 8.08. The number of nitrogens with one attached hydrogen (secondary N) is 1. The number of hydrogen-bond donors (Lipinski definition) is 2. The number of piperazine rings is 1. The lowest BCUT2D eigenvalue weighted by molar-refractivity contribution is -0.149. The standard InChI is InChI=1S/C10H18N4O3/c1-2-13-6-10(17)14(7-9(13)16)5-3-4-8(15)12-11/h2-7,11H2,1H3,(H,12,15). The van der Waals surface area contributed by atoms with E-state index in [9.17, 15) is 14.4 Å². The van der Waals surface area contributed by atoms with Gasteiger partial charge in [0.2, 0.25) is 17.7 Å². The van der Waals surface area contributed by atoms with E-state index in [1.54, 1.807) is 0 Å². The molecule has 0 saturated carbocycles. The van der Waals surface area contributed by atoms with Gasteiger partial charge in [-0.3, -0.25) is 19.8 Å². The normalized spacial score (nSPS) is 16.4. The van der Waals surface area contributed by atoms with Crippen molar-refractivity contribution < 1.29 is 14.4 Å². The van der Waals surface area contributed by atoms with Crippen molar-refractivity contribution in [3.8, 4) is 0 Å². The van der Waals surface area contributed by atoms with Crippen molar-refractivity contribution in [1.82, 2.24) is 15.2 Å². The average Bonchev–Trinajstić information content (AvgIpc) is 2.32. The Kier molecular flexibility index (Phi) is 4.89. The van der Waals surface area contributed by atoms with Crippen LogP contribution in [0.15, 0.2) is 0 Å². The van der Waals surface area contributed by atoms with Crippen LogP contribution in [-0.4, -0.2) is 53.7 Å². The predicted molar refractivity (Wildman–Crippen MR) is 60.4 cm³/mol. The van der Waals surface area contributed by atoms with E-state index < -0.39 is 0 Å². The van der Waals surface area contributed by atoms with Gasteiger partial charge in [-0.05, 0) is 13.3 Å². The van der Waals surface area contributed by atoms with Crippen molar-refractivity contribution in [3.63, 3.8) is 0 Å². The van der Waals surface area contributed by atoms with E-state index in [0.29, 0.717) is 19.5 Å². The van der Waals surface area contributed by atoms with Gasteiger partial charge < -0.3 is 9.80 Å². The number of hydrazine groups is 1. The Morgan fingerprint density at radius 3 is 2.47 bits per heavy atom. The molecule has 17 heavy (non-hydrogen) atoms. The van der Waals surface area contributed by atoms with Gasteiger partial charge in [0.15, 0.2) is 0 Å². The van der Waals surface area contributed by atoms with Crippen LogP contribution in [0.4, 0.5) is 0 Å². The first kappa shape index (κ1) is 13.4. The van der Waals surface area contributed by atoms with Crippen molar-refractivity contribution in [2.75, 3.05) is 26.2 Å². The third kappa shape index (κ3) is 3.70. The number of rotatable bonds is 5. The summed E-state index contributed by atoms with van der Waals surface area (Å²) in [5.74, 6) is 4.55. The van der Waals surface area contributed by atoms with Crippen molar-refractivity contribution in [2.45, 2.75) is 19.8 Å². The second kappa shape index (κ2) is 6.19. The molecule has 0 aliphatic carbocycles. The molecule has 1 aliphatic heterocycles. The zero-order valence-corrected chi connectivity index (χ0v) is 9.94. The van der Waals surface area contributed by atoms with E-state index in [-0.39, 0.29) is 37.2 Å². The average molecular weight is 242 g/mol. The molecule has 0 spiro atoms. The molecule has 0 aromatic rings. The summed E-state index contributed by atoms with van der Waals surface area (Å²) in [6.45, 7) is 3.05. The van der Waals surface area contributed by atoms with Gasteiger partial charge >= 0.3 is 0 Å². The lowest BCUT2D eigenvalue weighted by atomic mass is 10.2. The van der Waals surface area contributed by atoms with Gasteiger partial charge in [0.1, 0.15) is 0 Å². The number of amides is 3. The van der Waals surface area contributed by atoms with Crippen LogP contribution in [0.2, 0.25) is 0 Å². The molecule has 1 rings (SSSR count). The molecule has 0 aromatic heterocycles. The quantitative estimate of drug-likeness (QED) is 0.346.